The van der Waals surface area contributed by atoms with Crippen molar-refractivity contribution in [2.45, 2.75) is 23.1 Å². The molecule has 0 saturated heterocycles. The van der Waals surface area contributed by atoms with E-state index in [0.29, 0.717) is 0 Å². The van der Waals surface area contributed by atoms with Gasteiger partial charge in [0.25, 0.3) is 0 Å². The predicted molar refractivity (Wildman–Crippen MR) is 83.3 cm³/mol. The van der Waals surface area contributed by atoms with Crippen molar-refractivity contribution in [1.82, 2.24) is 4.98 Å². The Bertz CT molecular complexity index is 718. The molecule has 0 aliphatic rings. The monoisotopic (exact) mass is 287 g/mol. The van der Waals surface area contributed by atoms with Crippen molar-refractivity contribution >= 4 is 34.3 Å². The number of benzene rings is 2. The molecule has 1 N–H and O–H groups in total. The molecule has 3 heteroatoms. The van der Waals surface area contributed by atoms with Crippen molar-refractivity contribution in [2.75, 3.05) is 0 Å². The first kappa shape index (κ1) is 12.6. The first-order valence-electron chi connectivity index (χ1n) is 6.30. The Balaban J connectivity index is 2.01. The van der Waals surface area contributed by atoms with E-state index in [4.69, 9.17) is 11.6 Å². The maximum Gasteiger partial charge on any atom is 0.0465 e. The first-order chi connectivity index (χ1) is 9.28. The van der Waals surface area contributed by atoms with Gasteiger partial charge >= 0.3 is 0 Å². The Morgan fingerprint density at radius 3 is 2.79 bits per heavy atom. The zero-order valence-corrected chi connectivity index (χ0v) is 12.2. The van der Waals surface area contributed by atoms with Gasteiger partial charge in [-0.05, 0) is 36.2 Å². The second-order valence-corrected chi connectivity index (χ2v) is 5.93. The fraction of sp³-hybridized carbons (Fsp3) is 0.125. The van der Waals surface area contributed by atoms with E-state index in [1.54, 1.807) is 11.8 Å². The lowest BCUT2D eigenvalue weighted by atomic mass is 10.2. The molecule has 0 saturated carbocycles. The molecule has 0 aliphatic carbocycles. The molecule has 0 amide bonds. The maximum absolute atomic E-state index is 6.06. The van der Waals surface area contributed by atoms with Crippen molar-refractivity contribution in [1.29, 1.82) is 0 Å². The summed E-state index contributed by atoms with van der Waals surface area (Å²) in [5, 5.41) is 2.07. The number of halogens is 1. The Morgan fingerprint density at radius 2 is 1.95 bits per heavy atom. The van der Waals surface area contributed by atoms with Gasteiger partial charge in [-0.25, -0.2) is 0 Å². The van der Waals surface area contributed by atoms with E-state index in [9.17, 15) is 0 Å². The van der Waals surface area contributed by atoms with Gasteiger partial charge in [0.15, 0.2) is 0 Å². The lowest BCUT2D eigenvalue weighted by Gasteiger charge is -2.07. The van der Waals surface area contributed by atoms with E-state index >= 15 is 0 Å². The standard InChI is InChI=1S/C16H14ClNS/c1-2-11-9-12(17)7-8-15(11)19-16-10-18-14-6-4-3-5-13(14)16/h3-10,18H,2H2,1H3. The topological polar surface area (TPSA) is 15.8 Å². The highest BCUT2D eigenvalue weighted by Gasteiger charge is 2.08. The fourth-order valence-electron chi connectivity index (χ4n) is 2.17. The van der Waals surface area contributed by atoms with E-state index in [2.05, 4.69) is 48.4 Å². The van der Waals surface area contributed by atoms with E-state index in [1.165, 1.54) is 26.3 Å². The molecule has 3 aromatic rings. The first-order valence-corrected chi connectivity index (χ1v) is 7.50. The third kappa shape index (κ3) is 2.51. The average molecular weight is 288 g/mol. The molecule has 96 valence electrons. The number of hydrogen-bond acceptors (Lipinski definition) is 1. The lowest BCUT2D eigenvalue weighted by Crippen LogP contribution is -1.84. The minimum absolute atomic E-state index is 0.806. The molecular formula is C16H14ClNS. The number of aryl methyl sites for hydroxylation is 1. The van der Waals surface area contributed by atoms with Crippen LogP contribution in [0.25, 0.3) is 10.9 Å². The highest BCUT2D eigenvalue weighted by atomic mass is 35.5. The van der Waals surface area contributed by atoms with Crippen LogP contribution in [0.4, 0.5) is 0 Å². The van der Waals surface area contributed by atoms with Gasteiger partial charge in [0, 0.05) is 31.9 Å². The molecule has 2 aromatic carbocycles. The molecule has 1 aromatic heterocycles. The van der Waals surface area contributed by atoms with E-state index in [-0.39, 0.29) is 0 Å². The third-order valence-electron chi connectivity index (χ3n) is 3.17. The minimum atomic E-state index is 0.806. The summed E-state index contributed by atoms with van der Waals surface area (Å²) in [7, 11) is 0. The van der Waals surface area contributed by atoms with E-state index in [0.717, 1.165) is 11.4 Å². The molecule has 0 spiro atoms. The van der Waals surface area contributed by atoms with Crippen molar-refractivity contribution in [3.05, 3.63) is 59.2 Å². The molecule has 1 nitrogen and oxygen atoms in total. The van der Waals surface area contributed by atoms with Gasteiger partial charge in [-0.3, -0.25) is 0 Å². The van der Waals surface area contributed by atoms with Crippen LogP contribution in [-0.4, -0.2) is 4.98 Å². The molecule has 0 fully saturated rings. The average Bonchev–Trinajstić information content (AvgIpc) is 2.84. The van der Waals surface area contributed by atoms with Crippen LogP contribution in [0.2, 0.25) is 5.02 Å². The molecule has 0 unspecified atom stereocenters. The fourth-order valence-corrected chi connectivity index (χ4v) is 3.48. The smallest absolute Gasteiger partial charge is 0.0465 e. The summed E-state index contributed by atoms with van der Waals surface area (Å²) in [5.74, 6) is 0. The van der Waals surface area contributed by atoms with Crippen LogP contribution in [-0.2, 0) is 6.42 Å². The van der Waals surface area contributed by atoms with Crippen molar-refractivity contribution in [3.8, 4) is 0 Å². The van der Waals surface area contributed by atoms with Gasteiger partial charge < -0.3 is 4.98 Å². The zero-order chi connectivity index (χ0) is 13.2. The second kappa shape index (κ2) is 5.32. The highest BCUT2D eigenvalue weighted by molar-refractivity contribution is 7.99. The normalized spacial score (nSPS) is 11.1. The summed E-state index contributed by atoms with van der Waals surface area (Å²) in [6, 6.07) is 14.5. The van der Waals surface area contributed by atoms with Gasteiger partial charge in [-0.1, -0.05) is 48.5 Å². The Labute approximate surface area is 122 Å². The Hall–Kier alpha value is -1.38. The zero-order valence-electron chi connectivity index (χ0n) is 10.6. The number of nitrogens with one attached hydrogen (secondary N) is 1. The number of hydrogen-bond donors (Lipinski definition) is 1. The molecular weight excluding hydrogens is 274 g/mol. The molecule has 0 bridgehead atoms. The predicted octanol–water partition coefficient (Wildman–Crippen LogP) is 5.53. The summed E-state index contributed by atoms with van der Waals surface area (Å²) in [5.41, 5.74) is 2.47. The Kier molecular flexibility index (Phi) is 3.54. The molecule has 0 atom stereocenters. The lowest BCUT2D eigenvalue weighted by molar-refractivity contribution is 1.08. The van der Waals surface area contributed by atoms with E-state index < -0.39 is 0 Å². The van der Waals surface area contributed by atoms with Gasteiger partial charge in [-0.2, -0.15) is 0 Å². The van der Waals surface area contributed by atoms with Crippen LogP contribution in [0.1, 0.15) is 12.5 Å². The number of rotatable bonds is 3. The summed E-state index contributed by atoms with van der Waals surface area (Å²) >= 11 is 7.85. The SMILES string of the molecule is CCc1cc(Cl)ccc1Sc1c[nH]c2ccccc12. The second-order valence-electron chi connectivity index (χ2n) is 4.41. The molecule has 0 aliphatic heterocycles. The third-order valence-corrected chi connectivity index (χ3v) is 4.59. The van der Waals surface area contributed by atoms with Gasteiger partial charge in [-0.15, -0.1) is 0 Å². The highest BCUT2D eigenvalue weighted by Crippen LogP contribution is 2.36. The summed E-state index contributed by atoms with van der Waals surface area (Å²) < 4.78 is 0. The molecule has 0 radical (unpaired) electrons. The summed E-state index contributed by atoms with van der Waals surface area (Å²) in [6.45, 7) is 2.16. The number of para-hydroxylation sites is 1. The maximum atomic E-state index is 6.06. The minimum Gasteiger partial charge on any atom is -0.360 e. The van der Waals surface area contributed by atoms with Crippen LogP contribution in [0.15, 0.2) is 58.5 Å². The van der Waals surface area contributed by atoms with E-state index in [1.807, 2.05) is 12.1 Å². The summed E-state index contributed by atoms with van der Waals surface area (Å²) in [4.78, 5) is 5.84. The van der Waals surface area contributed by atoms with Crippen LogP contribution in [0.3, 0.4) is 0 Å². The molecule has 1 heterocycles. The van der Waals surface area contributed by atoms with Crippen molar-refractivity contribution in [3.63, 3.8) is 0 Å². The van der Waals surface area contributed by atoms with Gasteiger partial charge in [0.05, 0.1) is 0 Å². The van der Waals surface area contributed by atoms with Crippen LogP contribution in [0.5, 0.6) is 0 Å². The van der Waals surface area contributed by atoms with Crippen molar-refractivity contribution in [2.24, 2.45) is 0 Å². The molecule has 19 heavy (non-hydrogen) atoms. The van der Waals surface area contributed by atoms with Crippen LogP contribution in [0, 0.1) is 0 Å². The molecule has 3 rings (SSSR count). The number of aromatic nitrogens is 1. The quantitative estimate of drug-likeness (QED) is 0.669. The van der Waals surface area contributed by atoms with Crippen LogP contribution < -0.4 is 0 Å². The summed E-state index contributed by atoms with van der Waals surface area (Å²) in [6.07, 6.45) is 3.06. The largest absolute Gasteiger partial charge is 0.360 e. The van der Waals surface area contributed by atoms with Crippen molar-refractivity contribution < 1.29 is 0 Å². The van der Waals surface area contributed by atoms with Gasteiger partial charge in [0.1, 0.15) is 0 Å². The van der Waals surface area contributed by atoms with Gasteiger partial charge in [0.2, 0.25) is 0 Å². The number of H-pyrrole nitrogens is 1. The van der Waals surface area contributed by atoms with Crippen LogP contribution >= 0.6 is 23.4 Å². The number of aromatic amines is 1. The Morgan fingerprint density at radius 1 is 1.11 bits per heavy atom. The number of fused-ring (bicyclic) bond motifs is 1.